The first-order chi connectivity index (χ1) is 13.6. The highest BCUT2D eigenvalue weighted by atomic mass is 35.5. The number of benzene rings is 2. The summed E-state index contributed by atoms with van der Waals surface area (Å²) in [6, 6.07) is 15.9. The number of halogens is 1. The summed E-state index contributed by atoms with van der Waals surface area (Å²) < 4.78 is 10.5. The molecule has 28 heavy (non-hydrogen) atoms. The van der Waals surface area contributed by atoms with E-state index in [4.69, 9.17) is 21.1 Å². The van der Waals surface area contributed by atoms with E-state index < -0.39 is 0 Å². The minimum absolute atomic E-state index is 0.220. The second-order valence-corrected chi connectivity index (χ2v) is 6.24. The van der Waals surface area contributed by atoms with Crippen LogP contribution in [0.5, 0.6) is 11.5 Å². The van der Waals surface area contributed by atoms with Gasteiger partial charge in [-0.15, -0.1) is 10.2 Å². The van der Waals surface area contributed by atoms with Crippen LogP contribution in [0.4, 0.5) is 11.5 Å². The molecule has 0 saturated heterocycles. The molecule has 1 amide bonds. The number of amides is 1. The summed E-state index contributed by atoms with van der Waals surface area (Å²) in [4.78, 5) is 12.2. The number of hydrogen-bond donors (Lipinski definition) is 2. The average molecular weight is 399 g/mol. The Kier molecular flexibility index (Phi) is 6.29. The predicted octanol–water partition coefficient (Wildman–Crippen LogP) is 3.82. The van der Waals surface area contributed by atoms with Crippen LogP contribution >= 0.6 is 11.6 Å². The van der Waals surface area contributed by atoms with Gasteiger partial charge in [-0.1, -0.05) is 23.7 Å². The van der Waals surface area contributed by atoms with Crippen LogP contribution in [0.15, 0.2) is 54.6 Å². The molecule has 0 aliphatic rings. The summed E-state index contributed by atoms with van der Waals surface area (Å²) in [6.45, 7) is 0.374. The van der Waals surface area contributed by atoms with Gasteiger partial charge in [0.05, 0.1) is 19.9 Å². The molecule has 0 saturated carbocycles. The minimum atomic E-state index is -0.312. The lowest BCUT2D eigenvalue weighted by molar-refractivity contribution is 0.0945. The van der Waals surface area contributed by atoms with Gasteiger partial charge in [0.2, 0.25) is 0 Å². The van der Waals surface area contributed by atoms with Crippen molar-refractivity contribution in [1.82, 2.24) is 15.5 Å². The maximum Gasteiger partial charge on any atom is 0.272 e. The number of methoxy groups -OCH3 is 2. The fourth-order valence-corrected chi connectivity index (χ4v) is 2.57. The van der Waals surface area contributed by atoms with Crippen molar-refractivity contribution in [2.45, 2.75) is 6.54 Å². The number of ether oxygens (including phenoxy) is 2. The van der Waals surface area contributed by atoms with Gasteiger partial charge in [0.25, 0.3) is 5.91 Å². The molecule has 0 radical (unpaired) electrons. The van der Waals surface area contributed by atoms with Gasteiger partial charge in [-0.2, -0.15) is 0 Å². The highest BCUT2D eigenvalue weighted by molar-refractivity contribution is 6.30. The molecular weight excluding hydrogens is 380 g/mol. The third kappa shape index (κ3) is 4.89. The van der Waals surface area contributed by atoms with Gasteiger partial charge in [-0.25, -0.2) is 0 Å². The summed E-state index contributed by atoms with van der Waals surface area (Å²) in [7, 11) is 3.16. The van der Waals surface area contributed by atoms with Gasteiger partial charge in [-0.3, -0.25) is 4.79 Å². The topological polar surface area (TPSA) is 85.4 Å². The number of rotatable bonds is 7. The molecule has 0 aliphatic heterocycles. The number of carbonyl (C=O) groups excluding carboxylic acids is 1. The summed E-state index contributed by atoms with van der Waals surface area (Å²) >= 11 is 5.85. The maximum atomic E-state index is 12.2. The Morgan fingerprint density at radius 3 is 2.43 bits per heavy atom. The third-order valence-electron chi connectivity index (χ3n) is 3.93. The van der Waals surface area contributed by atoms with Crippen molar-refractivity contribution in [3.05, 3.63) is 70.9 Å². The second-order valence-electron chi connectivity index (χ2n) is 5.80. The number of anilines is 2. The second kappa shape index (κ2) is 9.05. The van der Waals surface area contributed by atoms with Crippen molar-refractivity contribution in [2.75, 3.05) is 19.5 Å². The normalized spacial score (nSPS) is 10.2. The van der Waals surface area contributed by atoms with E-state index in [2.05, 4.69) is 20.8 Å². The van der Waals surface area contributed by atoms with Gasteiger partial charge < -0.3 is 20.1 Å². The van der Waals surface area contributed by atoms with E-state index in [9.17, 15) is 4.79 Å². The van der Waals surface area contributed by atoms with E-state index in [1.165, 1.54) is 0 Å². The molecular formula is C20H19ClN4O3. The monoisotopic (exact) mass is 398 g/mol. The van der Waals surface area contributed by atoms with Crippen molar-refractivity contribution in [3.63, 3.8) is 0 Å². The van der Waals surface area contributed by atoms with Crippen LogP contribution < -0.4 is 20.1 Å². The van der Waals surface area contributed by atoms with Gasteiger partial charge >= 0.3 is 0 Å². The van der Waals surface area contributed by atoms with E-state index >= 15 is 0 Å². The Labute approximate surface area is 167 Å². The van der Waals surface area contributed by atoms with Crippen LogP contribution in [0.2, 0.25) is 5.02 Å². The first-order valence-electron chi connectivity index (χ1n) is 8.44. The molecule has 1 heterocycles. The largest absolute Gasteiger partial charge is 0.497 e. The molecule has 1 aromatic heterocycles. The van der Waals surface area contributed by atoms with Gasteiger partial charge in [0, 0.05) is 17.6 Å². The molecule has 0 spiro atoms. The highest BCUT2D eigenvalue weighted by Gasteiger charge is 2.10. The molecule has 2 aromatic carbocycles. The zero-order valence-electron chi connectivity index (χ0n) is 15.4. The lowest BCUT2D eigenvalue weighted by Gasteiger charge is -2.12. The maximum absolute atomic E-state index is 12.2. The SMILES string of the molecule is COc1ccc(OC)c(Nc2ccc(C(=O)NCc3ccc(Cl)cc3)nn2)c1. The molecule has 2 N–H and O–H groups in total. The third-order valence-corrected chi connectivity index (χ3v) is 4.18. The fourth-order valence-electron chi connectivity index (χ4n) is 2.44. The van der Waals surface area contributed by atoms with E-state index in [-0.39, 0.29) is 11.6 Å². The molecule has 7 nitrogen and oxygen atoms in total. The first kappa shape index (κ1) is 19.4. The fraction of sp³-hybridized carbons (Fsp3) is 0.150. The van der Waals surface area contributed by atoms with Crippen LogP contribution in [0.25, 0.3) is 0 Å². The standard InChI is InChI=1S/C20H19ClN4O3/c1-27-15-7-9-18(28-2)17(11-15)23-19-10-8-16(24-25-19)20(26)22-12-13-3-5-14(21)6-4-13/h3-11H,12H2,1-2H3,(H,22,26)(H,23,25). The number of nitrogens with zero attached hydrogens (tertiary/aromatic N) is 2. The predicted molar refractivity (Wildman–Crippen MR) is 107 cm³/mol. The summed E-state index contributed by atoms with van der Waals surface area (Å²) in [5, 5.41) is 14.6. The summed E-state index contributed by atoms with van der Waals surface area (Å²) in [5.74, 6) is 1.47. The lowest BCUT2D eigenvalue weighted by atomic mass is 10.2. The quantitative estimate of drug-likeness (QED) is 0.629. The van der Waals surface area contributed by atoms with E-state index in [1.807, 2.05) is 12.1 Å². The minimum Gasteiger partial charge on any atom is -0.497 e. The van der Waals surface area contributed by atoms with Crippen molar-refractivity contribution in [1.29, 1.82) is 0 Å². The molecule has 0 atom stereocenters. The van der Waals surface area contributed by atoms with Gasteiger partial charge in [0.1, 0.15) is 11.5 Å². The molecule has 0 fully saturated rings. The van der Waals surface area contributed by atoms with E-state index in [0.717, 1.165) is 5.56 Å². The molecule has 3 rings (SSSR count). The van der Waals surface area contributed by atoms with Crippen molar-refractivity contribution in [3.8, 4) is 11.5 Å². The number of carbonyl (C=O) groups is 1. The van der Waals surface area contributed by atoms with E-state index in [1.54, 1.807) is 56.7 Å². The Balaban J connectivity index is 1.64. The molecule has 144 valence electrons. The number of aromatic nitrogens is 2. The zero-order chi connectivity index (χ0) is 19.9. The Morgan fingerprint density at radius 1 is 1.00 bits per heavy atom. The van der Waals surface area contributed by atoms with Crippen molar-refractivity contribution >= 4 is 29.0 Å². The highest BCUT2D eigenvalue weighted by Crippen LogP contribution is 2.30. The molecule has 8 heteroatoms. The van der Waals surface area contributed by atoms with Crippen LogP contribution in [0.1, 0.15) is 16.1 Å². The molecule has 0 aliphatic carbocycles. The summed E-state index contributed by atoms with van der Waals surface area (Å²) in [5.41, 5.74) is 1.84. The molecule has 3 aromatic rings. The van der Waals surface area contributed by atoms with E-state index in [0.29, 0.717) is 34.6 Å². The zero-order valence-corrected chi connectivity index (χ0v) is 16.2. The molecule has 0 unspecified atom stereocenters. The number of nitrogens with one attached hydrogen (secondary N) is 2. The Hall–Kier alpha value is -3.32. The van der Waals surface area contributed by atoms with Crippen molar-refractivity contribution in [2.24, 2.45) is 0 Å². The Bertz CT molecular complexity index is 947. The van der Waals surface area contributed by atoms with Crippen LogP contribution in [0, 0.1) is 0 Å². The average Bonchev–Trinajstić information content (AvgIpc) is 2.73. The van der Waals surface area contributed by atoms with Gasteiger partial charge in [0.15, 0.2) is 11.5 Å². The number of hydrogen-bond acceptors (Lipinski definition) is 6. The van der Waals surface area contributed by atoms with Crippen LogP contribution in [-0.2, 0) is 6.54 Å². The molecule has 0 bridgehead atoms. The van der Waals surface area contributed by atoms with Gasteiger partial charge in [-0.05, 0) is 42.0 Å². The Morgan fingerprint density at radius 2 is 1.79 bits per heavy atom. The first-order valence-corrected chi connectivity index (χ1v) is 8.82. The lowest BCUT2D eigenvalue weighted by Crippen LogP contribution is -2.24. The van der Waals surface area contributed by atoms with Crippen molar-refractivity contribution < 1.29 is 14.3 Å². The smallest absolute Gasteiger partial charge is 0.272 e. The van der Waals surface area contributed by atoms with Crippen LogP contribution in [0.3, 0.4) is 0 Å². The van der Waals surface area contributed by atoms with Crippen LogP contribution in [-0.4, -0.2) is 30.3 Å². The summed E-state index contributed by atoms with van der Waals surface area (Å²) in [6.07, 6.45) is 0.